The minimum atomic E-state index is -4.74. The maximum atomic E-state index is 12.9. The number of hydrogen-bond acceptors (Lipinski definition) is 10. The van der Waals surface area contributed by atoms with Gasteiger partial charge in [-0.25, -0.2) is 4.57 Å². The predicted molar refractivity (Wildman–Crippen MR) is 279 cm³/mol. The van der Waals surface area contributed by atoms with Crippen LogP contribution in [0.15, 0.2) is 48.6 Å². The van der Waals surface area contributed by atoms with Gasteiger partial charge in [-0.2, -0.15) is 0 Å². The van der Waals surface area contributed by atoms with E-state index in [1.165, 1.54) is 83.5 Å². The van der Waals surface area contributed by atoms with Gasteiger partial charge in [-0.1, -0.05) is 204 Å². The highest BCUT2D eigenvalue weighted by Gasteiger charge is 2.28. The molecular weight excluding hydrogens is 880 g/mol. The molecule has 396 valence electrons. The van der Waals surface area contributed by atoms with Crippen LogP contribution in [0.5, 0.6) is 0 Å². The number of aliphatic hydroxyl groups is 1. The molecule has 68 heavy (non-hydrogen) atoms. The summed E-state index contributed by atoms with van der Waals surface area (Å²) in [4.78, 5) is 48.3. The van der Waals surface area contributed by atoms with E-state index < -0.39 is 57.8 Å². The maximum Gasteiger partial charge on any atom is 0.472 e. The lowest BCUT2D eigenvalue weighted by molar-refractivity contribution is -0.161. The summed E-state index contributed by atoms with van der Waals surface area (Å²) in [5.41, 5.74) is 0. The van der Waals surface area contributed by atoms with E-state index in [1.54, 1.807) is 0 Å². The topological polar surface area (TPSA) is 155 Å². The SMILES string of the molecule is CCCC/C=C\CCCCCCCC(=O)OC(CO)COP(=O)(O)OCC(COC(=O)CCCCCCCCCCCCC)OC(=O)CCCCCCCC/C=C\C/C=C\C/C=C\CCCCC. The van der Waals surface area contributed by atoms with Gasteiger partial charge < -0.3 is 24.2 Å². The summed E-state index contributed by atoms with van der Waals surface area (Å²) in [5.74, 6) is -1.48. The summed E-state index contributed by atoms with van der Waals surface area (Å²) < 4.78 is 39.4. The van der Waals surface area contributed by atoms with Crippen molar-refractivity contribution in [2.75, 3.05) is 26.4 Å². The molecule has 0 amide bonds. The average molecular weight is 981 g/mol. The summed E-state index contributed by atoms with van der Waals surface area (Å²) in [6, 6.07) is 0. The molecule has 0 aromatic heterocycles. The van der Waals surface area contributed by atoms with Crippen LogP contribution in [-0.4, -0.2) is 66.5 Å². The molecule has 3 unspecified atom stereocenters. The van der Waals surface area contributed by atoms with Crippen LogP contribution in [0.1, 0.15) is 252 Å². The van der Waals surface area contributed by atoms with Gasteiger partial charge in [0.05, 0.1) is 19.8 Å². The van der Waals surface area contributed by atoms with Gasteiger partial charge in [0.25, 0.3) is 0 Å². The zero-order chi connectivity index (χ0) is 49.9. The number of ether oxygens (including phenoxy) is 3. The van der Waals surface area contributed by atoms with Crippen molar-refractivity contribution in [1.29, 1.82) is 0 Å². The van der Waals surface area contributed by atoms with Crippen molar-refractivity contribution in [1.82, 2.24) is 0 Å². The number of carbonyl (C=O) groups excluding carboxylic acids is 3. The molecule has 0 aliphatic rings. The van der Waals surface area contributed by atoms with Gasteiger partial charge in [-0.05, 0) is 77.0 Å². The average Bonchev–Trinajstić information content (AvgIpc) is 3.32. The molecule has 0 saturated heterocycles. The van der Waals surface area contributed by atoms with Crippen molar-refractivity contribution < 1.29 is 52.2 Å². The number of esters is 3. The van der Waals surface area contributed by atoms with E-state index >= 15 is 0 Å². The number of carbonyl (C=O) groups is 3. The summed E-state index contributed by atoms with van der Waals surface area (Å²) in [7, 11) is -4.74. The highest BCUT2D eigenvalue weighted by atomic mass is 31.2. The van der Waals surface area contributed by atoms with Crippen molar-refractivity contribution in [3.63, 3.8) is 0 Å². The number of rotatable bonds is 51. The van der Waals surface area contributed by atoms with Gasteiger partial charge in [0.2, 0.25) is 0 Å². The largest absolute Gasteiger partial charge is 0.472 e. The van der Waals surface area contributed by atoms with Crippen LogP contribution in [-0.2, 0) is 42.2 Å². The Labute approximate surface area is 415 Å². The summed E-state index contributed by atoms with van der Waals surface area (Å²) in [6.07, 6.45) is 52.2. The molecule has 0 radical (unpaired) electrons. The molecule has 0 aromatic rings. The normalized spacial score (nSPS) is 13.8. The number of hydrogen-bond donors (Lipinski definition) is 2. The first kappa shape index (κ1) is 65.4. The van der Waals surface area contributed by atoms with E-state index in [9.17, 15) is 28.9 Å². The van der Waals surface area contributed by atoms with Crippen LogP contribution >= 0.6 is 7.82 Å². The van der Waals surface area contributed by atoms with E-state index in [-0.39, 0.29) is 25.9 Å². The monoisotopic (exact) mass is 981 g/mol. The summed E-state index contributed by atoms with van der Waals surface area (Å²) in [5, 5.41) is 9.77. The number of phosphoric ester groups is 1. The molecule has 0 fully saturated rings. The molecule has 0 aliphatic carbocycles. The van der Waals surface area contributed by atoms with Crippen molar-refractivity contribution in [2.45, 2.75) is 264 Å². The zero-order valence-electron chi connectivity index (χ0n) is 43.6. The number of allylic oxidation sites excluding steroid dienone is 8. The summed E-state index contributed by atoms with van der Waals surface area (Å²) in [6.45, 7) is 4.55. The molecule has 0 bridgehead atoms. The second-order valence-electron chi connectivity index (χ2n) is 18.4. The molecule has 0 rings (SSSR count). The van der Waals surface area contributed by atoms with E-state index in [0.717, 1.165) is 109 Å². The van der Waals surface area contributed by atoms with E-state index in [2.05, 4.69) is 69.4 Å². The highest BCUT2D eigenvalue weighted by Crippen LogP contribution is 2.43. The van der Waals surface area contributed by atoms with Gasteiger partial charge in [0, 0.05) is 19.3 Å². The summed E-state index contributed by atoms with van der Waals surface area (Å²) >= 11 is 0. The third-order valence-electron chi connectivity index (χ3n) is 11.7. The third kappa shape index (κ3) is 48.5. The van der Waals surface area contributed by atoms with Gasteiger partial charge in [-0.3, -0.25) is 23.4 Å². The van der Waals surface area contributed by atoms with Crippen LogP contribution in [0.2, 0.25) is 0 Å². The van der Waals surface area contributed by atoms with E-state index in [0.29, 0.717) is 19.3 Å². The Morgan fingerprint density at radius 2 is 0.735 bits per heavy atom. The van der Waals surface area contributed by atoms with E-state index in [4.69, 9.17) is 23.3 Å². The predicted octanol–water partition coefficient (Wildman–Crippen LogP) is 15.8. The van der Waals surface area contributed by atoms with Crippen LogP contribution < -0.4 is 0 Å². The van der Waals surface area contributed by atoms with Crippen LogP contribution in [0.4, 0.5) is 0 Å². The molecule has 0 aromatic carbocycles. The number of aliphatic hydroxyl groups excluding tert-OH is 1. The smallest absolute Gasteiger partial charge is 0.462 e. The molecular formula is C56H101O11P. The first-order valence-electron chi connectivity index (χ1n) is 27.5. The van der Waals surface area contributed by atoms with E-state index in [1.807, 2.05) is 0 Å². The molecule has 0 heterocycles. The fourth-order valence-electron chi connectivity index (χ4n) is 7.46. The third-order valence-corrected chi connectivity index (χ3v) is 12.7. The van der Waals surface area contributed by atoms with Crippen molar-refractivity contribution in [3.05, 3.63) is 48.6 Å². The highest BCUT2D eigenvalue weighted by molar-refractivity contribution is 7.47. The fraction of sp³-hybridized carbons (Fsp3) is 0.804. The minimum absolute atomic E-state index is 0.154. The first-order valence-corrected chi connectivity index (χ1v) is 29.0. The first-order chi connectivity index (χ1) is 33.2. The van der Waals surface area contributed by atoms with Gasteiger partial charge in [0.15, 0.2) is 6.10 Å². The Morgan fingerprint density at radius 3 is 1.19 bits per heavy atom. The van der Waals surface area contributed by atoms with Gasteiger partial charge in [0.1, 0.15) is 12.7 Å². The van der Waals surface area contributed by atoms with Crippen LogP contribution in [0.25, 0.3) is 0 Å². The Balaban J connectivity index is 4.72. The molecule has 11 nitrogen and oxygen atoms in total. The molecule has 2 N–H and O–H groups in total. The molecule has 0 aliphatic heterocycles. The lowest BCUT2D eigenvalue weighted by Crippen LogP contribution is -2.30. The zero-order valence-corrected chi connectivity index (χ0v) is 44.5. The maximum absolute atomic E-state index is 12.9. The van der Waals surface area contributed by atoms with Crippen molar-refractivity contribution >= 4 is 25.7 Å². The fourth-order valence-corrected chi connectivity index (χ4v) is 8.25. The quantitative estimate of drug-likeness (QED) is 0.0197. The Bertz CT molecular complexity index is 1330. The van der Waals surface area contributed by atoms with Gasteiger partial charge >= 0.3 is 25.7 Å². The Kier molecular flexibility index (Phi) is 48.9. The van der Waals surface area contributed by atoms with Crippen molar-refractivity contribution in [2.24, 2.45) is 0 Å². The van der Waals surface area contributed by atoms with Crippen LogP contribution in [0, 0.1) is 0 Å². The molecule has 3 atom stereocenters. The lowest BCUT2D eigenvalue weighted by atomic mass is 10.1. The molecule has 12 heteroatoms. The standard InChI is InChI=1S/C56H101O11P/c1-4-7-10-13-16-19-22-23-24-25-26-27-28-29-32-35-38-41-44-47-56(60)67-53(49-63-54(58)45-42-39-36-33-30-20-17-14-11-8-5-2)51-65-68(61,62)64-50-52(48-57)66-55(59)46-43-40-37-34-31-21-18-15-12-9-6-3/h15-16,18-19,23-24,26-27,52-53,57H,4-14,17,20-22,25,28-51H2,1-3H3,(H,61,62)/b18-15-,19-16-,24-23-,27-26-. The minimum Gasteiger partial charge on any atom is -0.462 e. The number of unbranched alkanes of at least 4 members (excludes halogenated alkanes) is 26. The van der Waals surface area contributed by atoms with Gasteiger partial charge in [-0.15, -0.1) is 0 Å². The Hall–Kier alpha value is -2.56. The molecule has 0 spiro atoms. The number of phosphoric acid groups is 1. The van der Waals surface area contributed by atoms with Crippen LogP contribution in [0.3, 0.4) is 0 Å². The Morgan fingerprint density at radius 1 is 0.412 bits per heavy atom. The second kappa shape index (κ2) is 50.8. The van der Waals surface area contributed by atoms with Crippen molar-refractivity contribution in [3.8, 4) is 0 Å². The second-order valence-corrected chi connectivity index (χ2v) is 19.8. The molecule has 0 saturated carbocycles. The lowest BCUT2D eigenvalue weighted by Gasteiger charge is -2.21.